The lowest BCUT2D eigenvalue weighted by Gasteiger charge is -2.18. The molecule has 2 aromatic carbocycles. The molecule has 2 aliphatic rings. The van der Waals surface area contributed by atoms with Gasteiger partial charge in [-0.05, 0) is 26.0 Å². The second kappa shape index (κ2) is 7.46. The predicted octanol–water partition coefficient (Wildman–Crippen LogP) is 2.77. The highest BCUT2D eigenvalue weighted by Gasteiger charge is 2.35. The topological polar surface area (TPSA) is 95.2 Å². The van der Waals surface area contributed by atoms with Crippen LogP contribution in [-0.4, -0.2) is 25.3 Å². The smallest absolute Gasteiger partial charge is 0.283 e. The summed E-state index contributed by atoms with van der Waals surface area (Å²) in [6.07, 6.45) is 0. The van der Waals surface area contributed by atoms with Gasteiger partial charge in [-0.3, -0.25) is 0 Å². The lowest BCUT2D eigenvalue weighted by molar-refractivity contribution is 0.262. The minimum atomic E-state index is -0.685. The van der Waals surface area contributed by atoms with E-state index in [4.69, 9.17) is 20.9 Å². The summed E-state index contributed by atoms with van der Waals surface area (Å²) in [5.41, 5.74) is 10.5. The zero-order valence-corrected chi connectivity index (χ0v) is 15.7. The number of hydrogen-bond acceptors (Lipinski definition) is 6. The summed E-state index contributed by atoms with van der Waals surface area (Å²) in [6, 6.07) is 13.3. The summed E-state index contributed by atoms with van der Waals surface area (Å²) >= 11 is 0. The fraction of sp³-hybridized carbons (Fsp3) is 0.300. The number of aliphatic imine (C=N–C) groups is 2. The van der Waals surface area contributed by atoms with Crippen molar-refractivity contribution in [1.29, 1.82) is 0 Å². The minimum absolute atomic E-state index is 0.121. The van der Waals surface area contributed by atoms with Gasteiger partial charge in [0.15, 0.2) is 0 Å². The van der Waals surface area contributed by atoms with Gasteiger partial charge in [0.25, 0.3) is 12.0 Å². The third-order valence-electron chi connectivity index (χ3n) is 4.62. The van der Waals surface area contributed by atoms with E-state index in [0.29, 0.717) is 24.3 Å². The maximum Gasteiger partial charge on any atom is 0.283 e. The summed E-state index contributed by atoms with van der Waals surface area (Å²) in [6.45, 7) is 4.18. The van der Waals surface area contributed by atoms with Gasteiger partial charge in [0.1, 0.15) is 35.9 Å². The summed E-state index contributed by atoms with van der Waals surface area (Å²) in [7, 11) is 0. The van der Waals surface area contributed by atoms with Crippen molar-refractivity contribution in [1.82, 2.24) is 0 Å². The maximum absolute atomic E-state index is 13.4. The first kappa shape index (κ1) is 19.6. The Balaban J connectivity index is 0.000000161. The molecule has 2 atom stereocenters. The van der Waals surface area contributed by atoms with Gasteiger partial charge in [0, 0.05) is 11.1 Å². The molecule has 6 nitrogen and oxygen atoms in total. The first-order chi connectivity index (χ1) is 13.2. The molecule has 4 N–H and O–H groups in total. The van der Waals surface area contributed by atoms with Crippen LogP contribution in [0.3, 0.4) is 0 Å². The number of nitrogens with two attached hydrogens (primary N) is 2. The normalized spacial score (nSPS) is 25.7. The summed E-state index contributed by atoms with van der Waals surface area (Å²) < 4.78 is 37.0. The molecule has 0 fully saturated rings. The number of rotatable bonds is 2. The molecule has 4 rings (SSSR count). The van der Waals surface area contributed by atoms with Crippen molar-refractivity contribution in [2.24, 2.45) is 21.5 Å². The Bertz CT molecular complexity index is 858. The summed E-state index contributed by atoms with van der Waals surface area (Å²) in [4.78, 5) is 8.17. The van der Waals surface area contributed by atoms with Gasteiger partial charge in [0.05, 0.1) is 0 Å². The predicted molar refractivity (Wildman–Crippen MR) is 103 cm³/mol. The van der Waals surface area contributed by atoms with Gasteiger partial charge in [-0.15, -0.1) is 0 Å². The Kier molecular flexibility index (Phi) is 5.22. The Morgan fingerprint density at radius 3 is 1.39 bits per heavy atom. The molecule has 0 saturated carbocycles. The van der Waals surface area contributed by atoms with E-state index in [1.807, 2.05) is 0 Å². The highest BCUT2D eigenvalue weighted by atomic mass is 19.1. The van der Waals surface area contributed by atoms with Crippen molar-refractivity contribution in [3.05, 3.63) is 71.3 Å². The van der Waals surface area contributed by atoms with Gasteiger partial charge >= 0.3 is 0 Å². The molecule has 2 aromatic rings. The van der Waals surface area contributed by atoms with E-state index in [0.717, 1.165) is 0 Å². The standard InChI is InChI=1S/2C10H11FN2O/c2*1-10(6-14-9(12)13-10)7-4-2-3-5-8(7)11/h2*2-5H,6H2,1H3,(H2,12,13)/t10-;/m0./s1. The van der Waals surface area contributed by atoms with Crippen LogP contribution in [0.1, 0.15) is 25.0 Å². The van der Waals surface area contributed by atoms with Gasteiger partial charge in [-0.2, -0.15) is 0 Å². The van der Waals surface area contributed by atoms with Crippen LogP contribution in [0, 0.1) is 11.6 Å². The molecule has 0 saturated heterocycles. The number of halogens is 2. The zero-order valence-electron chi connectivity index (χ0n) is 15.7. The van der Waals surface area contributed by atoms with Gasteiger partial charge in [-0.1, -0.05) is 36.4 Å². The molecule has 0 radical (unpaired) electrons. The lowest BCUT2D eigenvalue weighted by atomic mass is 9.94. The molecular formula is C20H22F2N4O2. The number of nitrogens with zero attached hydrogens (tertiary/aromatic N) is 2. The van der Waals surface area contributed by atoms with Crippen molar-refractivity contribution < 1.29 is 18.3 Å². The SMILES string of the molecule is CC1(c2ccccc2F)COC(N)=N1.C[C@@]1(c2ccccc2F)COC(N)=N1. The molecule has 148 valence electrons. The lowest BCUT2D eigenvalue weighted by Crippen LogP contribution is -2.22. The van der Waals surface area contributed by atoms with Crippen LogP contribution in [-0.2, 0) is 20.6 Å². The molecule has 0 spiro atoms. The molecule has 0 aromatic heterocycles. The van der Waals surface area contributed by atoms with Crippen LogP contribution in [0.15, 0.2) is 58.5 Å². The Morgan fingerprint density at radius 2 is 1.11 bits per heavy atom. The van der Waals surface area contributed by atoms with Crippen molar-refractivity contribution in [2.75, 3.05) is 13.2 Å². The molecule has 28 heavy (non-hydrogen) atoms. The zero-order chi connectivity index (χ0) is 20.4. The van der Waals surface area contributed by atoms with E-state index in [1.165, 1.54) is 12.1 Å². The summed E-state index contributed by atoms with van der Waals surface area (Å²) in [5.74, 6) is -0.561. The molecule has 0 bridgehead atoms. The molecule has 0 amide bonds. The highest BCUT2D eigenvalue weighted by Crippen LogP contribution is 2.32. The Morgan fingerprint density at radius 1 is 0.750 bits per heavy atom. The fourth-order valence-corrected chi connectivity index (χ4v) is 3.12. The van der Waals surface area contributed by atoms with E-state index in [9.17, 15) is 8.78 Å². The van der Waals surface area contributed by atoms with E-state index < -0.39 is 11.1 Å². The van der Waals surface area contributed by atoms with Gasteiger partial charge in [-0.25, -0.2) is 18.8 Å². The van der Waals surface area contributed by atoms with Crippen molar-refractivity contribution >= 4 is 12.0 Å². The van der Waals surface area contributed by atoms with Gasteiger partial charge in [0.2, 0.25) is 0 Å². The van der Waals surface area contributed by atoms with Crippen LogP contribution >= 0.6 is 0 Å². The van der Waals surface area contributed by atoms with Crippen LogP contribution < -0.4 is 11.5 Å². The van der Waals surface area contributed by atoms with E-state index >= 15 is 0 Å². The third kappa shape index (κ3) is 3.90. The van der Waals surface area contributed by atoms with Gasteiger partial charge < -0.3 is 20.9 Å². The number of ether oxygens (including phenoxy) is 2. The molecular weight excluding hydrogens is 366 g/mol. The fourth-order valence-electron chi connectivity index (χ4n) is 3.12. The number of hydrogen-bond donors (Lipinski definition) is 2. The maximum atomic E-state index is 13.4. The second-order valence-electron chi connectivity index (χ2n) is 6.98. The van der Waals surface area contributed by atoms with Crippen molar-refractivity contribution in [3.8, 4) is 0 Å². The average molecular weight is 388 g/mol. The number of amidine groups is 2. The number of benzene rings is 2. The second-order valence-corrected chi connectivity index (χ2v) is 6.98. The largest absolute Gasteiger partial charge is 0.462 e. The first-order valence-electron chi connectivity index (χ1n) is 8.70. The first-order valence-corrected chi connectivity index (χ1v) is 8.70. The van der Waals surface area contributed by atoms with Crippen molar-refractivity contribution in [3.63, 3.8) is 0 Å². The highest BCUT2D eigenvalue weighted by molar-refractivity contribution is 5.74. The van der Waals surface area contributed by atoms with E-state index in [1.54, 1.807) is 50.2 Å². The third-order valence-corrected chi connectivity index (χ3v) is 4.62. The molecule has 8 heteroatoms. The summed E-state index contributed by atoms with van der Waals surface area (Å²) in [5, 5.41) is 0. The van der Waals surface area contributed by atoms with Crippen LogP contribution in [0.2, 0.25) is 0 Å². The minimum Gasteiger partial charge on any atom is -0.462 e. The monoisotopic (exact) mass is 388 g/mol. The molecule has 1 unspecified atom stereocenters. The van der Waals surface area contributed by atoms with Crippen LogP contribution in [0.4, 0.5) is 8.78 Å². The molecule has 2 aliphatic heterocycles. The van der Waals surface area contributed by atoms with Crippen LogP contribution in [0.5, 0.6) is 0 Å². The quantitative estimate of drug-likeness (QED) is 0.827. The molecule has 2 heterocycles. The van der Waals surface area contributed by atoms with Crippen molar-refractivity contribution in [2.45, 2.75) is 24.9 Å². The molecule has 0 aliphatic carbocycles. The van der Waals surface area contributed by atoms with E-state index in [2.05, 4.69) is 9.98 Å². The Hall–Kier alpha value is -3.16. The average Bonchev–Trinajstić information content (AvgIpc) is 3.19. The Labute approximate surface area is 161 Å². The van der Waals surface area contributed by atoms with Crippen LogP contribution in [0.25, 0.3) is 0 Å². The van der Waals surface area contributed by atoms with E-state index in [-0.39, 0.29) is 23.7 Å².